The molecule has 14 heavy (non-hydrogen) atoms. The van der Waals surface area contributed by atoms with Gasteiger partial charge in [0.05, 0.1) is 6.04 Å². The number of nitrogens with one attached hydrogen (secondary N) is 2. The van der Waals surface area contributed by atoms with E-state index in [0.29, 0.717) is 18.0 Å². The van der Waals surface area contributed by atoms with Gasteiger partial charge in [-0.05, 0) is 24.5 Å². The normalized spacial score (nSPS) is 32.1. The van der Waals surface area contributed by atoms with Gasteiger partial charge in [0, 0.05) is 10.5 Å². The summed E-state index contributed by atoms with van der Waals surface area (Å²) in [6.07, 6.45) is 0. The van der Waals surface area contributed by atoms with Crippen LogP contribution in [0.15, 0.2) is 28.7 Å². The molecule has 0 aliphatic carbocycles. The molecule has 1 aromatic carbocycles. The van der Waals surface area contributed by atoms with Crippen LogP contribution in [0.4, 0.5) is 0 Å². The van der Waals surface area contributed by atoms with Crippen molar-refractivity contribution in [3.8, 4) is 0 Å². The summed E-state index contributed by atoms with van der Waals surface area (Å²) in [5.74, 6) is 0.605. The Kier molecular flexibility index (Phi) is 2.91. The lowest BCUT2D eigenvalue weighted by atomic mass is 9.92. The van der Waals surface area contributed by atoms with E-state index in [4.69, 9.17) is 0 Å². The van der Waals surface area contributed by atoms with Crippen LogP contribution in [0, 0.1) is 5.92 Å². The lowest BCUT2D eigenvalue weighted by Crippen LogP contribution is -2.29. The predicted molar refractivity (Wildman–Crippen MR) is 61.8 cm³/mol. The molecule has 0 amide bonds. The van der Waals surface area contributed by atoms with Crippen molar-refractivity contribution in [3.63, 3.8) is 0 Å². The largest absolute Gasteiger partial charge is 0.254 e. The van der Waals surface area contributed by atoms with Gasteiger partial charge in [-0.1, -0.05) is 41.1 Å². The Bertz CT molecular complexity index is 327. The predicted octanol–water partition coefficient (Wildman–Crippen LogP) is 2.62. The third kappa shape index (κ3) is 1.72. The van der Waals surface area contributed by atoms with Crippen LogP contribution < -0.4 is 10.9 Å². The molecule has 76 valence electrons. The third-order valence-corrected chi connectivity index (χ3v) is 3.74. The lowest BCUT2D eigenvalue weighted by Gasteiger charge is -2.17. The van der Waals surface area contributed by atoms with Crippen LogP contribution in [0.5, 0.6) is 0 Å². The molecular formula is C11H15BrN2. The van der Waals surface area contributed by atoms with Crippen LogP contribution in [0.25, 0.3) is 0 Å². The third-order valence-electron chi connectivity index (χ3n) is 3.02. The van der Waals surface area contributed by atoms with E-state index >= 15 is 0 Å². The summed E-state index contributed by atoms with van der Waals surface area (Å²) >= 11 is 3.59. The second-order valence-electron chi connectivity index (χ2n) is 3.94. The zero-order valence-corrected chi connectivity index (χ0v) is 10.0. The maximum atomic E-state index is 3.59. The van der Waals surface area contributed by atoms with Crippen LogP contribution in [-0.4, -0.2) is 6.04 Å². The number of hydrogen-bond donors (Lipinski definition) is 2. The molecule has 1 fully saturated rings. The van der Waals surface area contributed by atoms with Crippen molar-refractivity contribution in [1.82, 2.24) is 10.9 Å². The second-order valence-corrected chi connectivity index (χ2v) is 4.79. The smallest absolute Gasteiger partial charge is 0.0514 e. The quantitative estimate of drug-likeness (QED) is 0.806. The van der Waals surface area contributed by atoms with Crippen molar-refractivity contribution in [2.75, 3.05) is 0 Å². The summed E-state index contributed by atoms with van der Waals surface area (Å²) < 4.78 is 1.18. The molecule has 0 spiro atoms. The second kappa shape index (κ2) is 4.01. The molecule has 2 N–H and O–H groups in total. The van der Waals surface area contributed by atoms with Crippen molar-refractivity contribution >= 4 is 15.9 Å². The minimum absolute atomic E-state index is 0.403. The van der Waals surface area contributed by atoms with Crippen molar-refractivity contribution in [2.24, 2.45) is 5.92 Å². The fourth-order valence-electron chi connectivity index (χ4n) is 1.86. The number of hydrogen-bond acceptors (Lipinski definition) is 2. The Balaban J connectivity index is 2.28. The maximum Gasteiger partial charge on any atom is 0.0514 e. The Morgan fingerprint density at radius 2 is 1.86 bits per heavy atom. The highest BCUT2D eigenvalue weighted by molar-refractivity contribution is 9.10. The summed E-state index contributed by atoms with van der Waals surface area (Å²) in [6.45, 7) is 4.47. The summed E-state index contributed by atoms with van der Waals surface area (Å²) in [5.41, 5.74) is 7.94. The van der Waals surface area contributed by atoms with E-state index < -0.39 is 0 Å². The molecule has 1 aliphatic rings. The average molecular weight is 255 g/mol. The van der Waals surface area contributed by atoms with E-state index in [2.05, 4.69) is 58.8 Å². The molecule has 0 bridgehead atoms. The Morgan fingerprint density at radius 1 is 1.14 bits per heavy atom. The number of benzene rings is 1. The van der Waals surface area contributed by atoms with Gasteiger partial charge in [-0.2, -0.15) is 0 Å². The zero-order valence-electron chi connectivity index (χ0n) is 8.42. The molecule has 1 heterocycles. The van der Waals surface area contributed by atoms with E-state index in [1.165, 1.54) is 10.0 Å². The minimum Gasteiger partial charge on any atom is -0.254 e. The standard InChI is InChI=1S/C11H15BrN2/c1-7-8(2)13-14-11(7)9-5-3-4-6-10(9)12/h3-8,11,13-14H,1-2H3. The molecule has 2 rings (SSSR count). The molecule has 1 aliphatic heterocycles. The van der Waals surface area contributed by atoms with Crippen molar-refractivity contribution < 1.29 is 0 Å². The van der Waals surface area contributed by atoms with Gasteiger partial charge in [0.25, 0.3) is 0 Å². The Hall–Kier alpha value is -0.380. The van der Waals surface area contributed by atoms with Crippen LogP contribution in [0.3, 0.4) is 0 Å². The van der Waals surface area contributed by atoms with Gasteiger partial charge >= 0.3 is 0 Å². The highest BCUT2D eigenvalue weighted by Crippen LogP contribution is 2.32. The first kappa shape index (κ1) is 10.1. The lowest BCUT2D eigenvalue weighted by molar-refractivity contribution is 0.474. The van der Waals surface area contributed by atoms with Gasteiger partial charge in [0.15, 0.2) is 0 Å². The fraction of sp³-hybridized carbons (Fsp3) is 0.455. The number of halogens is 1. The number of rotatable bonds is 1. The summed E-state index contributed by atoms with van der Waals surface area (Å²) in [5, 5.41) is 0. The molecule has 1 aromatic rings. The zero-order chi connectivity index (χ0) is 10.1. The van der Waals surface area contributed by atoms with E-state index in [9.17, 15) is 0 Å². The maximum absolute atomic E-state index is 3.59. The first-order chi connectivity index (χ1) is 6.70. The van der Waals surface area contributed by atoms with Crippen LogP contribution >= 0.6 is 15.9 Å². The summed E-state index contributed by atoms with van der Waals surface area (Å²) in [7, 11) is 0. The van der Waals surface area contributed by atoms with Gasteiger partial charge in [-0.25, -0.2) is 5.43 Å². The van der Waals surface area contributed by atoms with Crippen molar-refractivity contribution in [1.29, 1.82) is 0 Å². The van der Waals surface area contributed by atoms with Gasteiger partial charge in [0.2, 0.25) is 0 Å². The Morgan fingerprint density at radius 3 is 2.43 bits per heavy atom. The molecule has 0 aromatic heterocycles. The van der Waals surface area contributed by atoms with Crippen LogP contribution in [0.2, 0.25) is 0 Å². The first-order valence-corrected chi connectivity index (χ1v) is 5.75. The Labute approximate surface area is 93.2 Å². The molecule has 1 saturated heterocycles. The molecule has 3 heteroatoms. The molecule has 0 saturated carbocycles. The fourth-order valence-corrected chi connectivity index (χ4v) is 2.39. The van der Waals surface area contributed by atoms with Gasteiger partial charge < -0.3 is 0 Å². The molecule has 0 radical (unpaired) electrons. The highest BCUT2D eigenvalue weighted by atomic mass is 79.9. The van der Waals surface area contributed by atoms with Crippen molar-refractivity contribution in [3.05, 3.63) is 34.3 Å². The molecule has 2 nitrogen and oxygen atoms in total. The van der Waals surface area contributed by atoms with E-state index in [0.717, 1.165) is 0 Å². The SMILES string of the molecule is CC1NNC(c2ccccc2Br)C1C. The highest BCUT2D eigenvalue weighted by Gasteiger charge is 2.30. The van der Waals surface area contributed by atoms with E-state index in [1.807, 2.05) is 6.07 Å². The molecule has 3 atom stereocenters. The summed E-state index contributed by atoms with van der Waals surface area (Å²) in [6, 6.07) is 9.30. The van der Waals surface area contributed by atoms with Gasteiger partial charge in [-0.3, -0.25) is 5.43 Å². The molecule has 3 unspecified atom stereocenters. The van der Waals surface area contributed by atoms with E-state index in [1.54, 1.807) is 0 Å². The summed E-state index contributed by atoms with van der Waals surface area (Å²) in [4.78, 5) is 0. The first-order valence-electron chi connectivity index (χ1n) is 4.95. The van der Waals surface area contributed by atoms with Crippen molar-refractivity contribution in [2.45, 2.75) is 25.9 Å². The topological polar surface area (TPSA) is 24.1 Å². The van der Waals surface area contributed by atoms with E-state index in [-0.39, 0.29) is 0 Å². The molecular weight excluding hydrogens is 240 g/mol. The minimum atomic E-state index is 0.403. The van der Waals surface area contributed by atoms with Gasteiger partial charge in [-0.15, -0.1) is 0 Å². The average Bonchev–Trinajstić information content (AvgIpc) is 2.49. The number of hydrazine groups is 1. The van der Waals surface area contributed by atoms with Crippen LogP contribution in [-0.2, 0) is 0 Å². The van der Waals surface area contributed by atoms with Gasteiger partial charge in [0.1, 0.15) is 0 Å². The monoisotopic (exact) mass is 254 g/mol. The van der Waals surface area contributed by atoms with Crippen LogP contribution in [0.1, 0.15) is 25.5 Å².